The summed E-state index contributed by atoms with van der Waals surface area (Å²) >= 11 is 0. The van der Waals surface area contributed by atoms with Gasteiger partial charge in [-0.25, -0.2) is 8.42 Å². The summed E-state index contributed by atoms with van der Waals surface area (Å²) in [6.07, 6.45) is 0.301. The van der Waals surface area contributed by atoms with Crippen molar-refractivity contribution < 1.29 is 13.2 Å². The first-order valence-electron chi connectivity index (χ1n) is 9.78. The van der Waals surface area contributed by atoms with Crippen LogP contribution in [0.25, 0.3) is 10.8 Å². The van der Waals surface area contributed by atoms with Crippen LogP contribution in [0.2, 0.25) is 0 Å². The zero-order chi connectivity index (χ0) is 20.9. The van der Waals surface area contributed by atoms with Crippen LogP contribution in [-0.2, 0) is 27.8 Å². The van der Waals surface area contributed by atoms with Crippen molar-refractivity contribution in [2.75, 3.05) is 13.1 Å². The van der Waals surface area contributed by atoms with Crippen LogP contribution >= 0.6 is 0 Å². The highest BCUT2D eigenvalue weighted by Crippen LogP contribution is 2.19. The minimum Gasteiger partial charge on any atom is -0.352 e. The lowest BCUT2D eigenvalue weighted by atomic mass is 10.0. The fourth-order valence-corrected chi connectivity index (χ4v) is 4.83. The van der Waals surface area contributed by atoms with Crippen molar-refractivity contribution in [2.24, 2.45) is 0 Å². The first-order valence-corrected chi connectivity index (χ1v) is 11.2. The molecule has 1 N–H and O–H groups in total. The number of carbonyl (C=O) groups excluding carboxylic acids is 1. The summed E-state index contributed by atoms with van der Waals surface area (Å²) in [4.78, 5) is 12.7. The van der Waals surface area contributed by atoms with E-state index in [2.05, 4.69) is 5.32 Å². The van der Waals surface area contributed by atoms with E-state index < -0.39 is 10.0 Å². The minimum absolute atomic E-state index is 0.0683. The van der Waals surface area contributed by atoms with Gasteiger partial charge in [-0.1, -0.05) is 68.4 Å². The second-order valence-corrected chi connectivity index (χ2v) is 8.76. The number of rotatable bonds is 8. The smallest absolute Gasteiger partial charge is 0.243 e. The molecule has 0 spiro atoms. The minimum atomic E-state index is -3.46. The van der Waals surface area contributed by atoms with Crippen molar-refractivity contribution in [1.29, 1.82) is 0 Å². The maximum Gasteiger partial charge on any atom is 0.243 e. The molecule has 0 unspecified atom stereocenters. The molecule has 0 aliphatic rings. The van der Waals surface area contributed by atoms with Gasteiger partial charge in [-0.3, -0.25) is 4.79 Å². The molecule has 0 fully saturated rings. The van der Waals surface area contributed by atoms with Crippen LogP contribution in [0.3, 0.4) is 0 Å². The topological polar surface area (TPSA) is 66.5 Å². The van der Waals surface area contributed by atoms with Crippen LogP contribution in [0.4, 0.5) is 0 Å². The van der Waals surface area contributed by atoms with Gasteiger partial charge in [0.1, 0.15) is 0 Å². The lowest BCUT2D eigenvalue weighted by molar-refractivity contribution is -0.120. The second-order valence-electron chi connectivity index (χ2n) is 6.83. The number of hydrogen-bond donors (Lipinski definition) is 1. The van der Waals surface area contributed by atoms with Crippen LogP contribution < -0.4 is 5.32 Å². The van der Waals surface area contributed by atoms with Crippen LogP contribution in [0.1, 0.15) is 25.0 Å². The maximum absolute atomic E-state index is 12.5. The number of sulfonamides is 1. The largest absolute Gasteiger partial charge is 0.352 e. The fourth-order valence-electron chi connectivity index (χ4n) is 3.37. The summed E-state index contributed by atoms with van der Waals surface area (Å²) in [5, 5.41) is 5.11. The Bertz CT molecular complexity index is 1080. The third kappa shape index (κ3) is 4.83. The van der Waals surface area contributed by atoms with Gasteiger partial charge in [0.15, 0.2) is 0 Å². The van der Waals surface area contributed by atoms with Crippen molar-refractivity contribution in [1.82, 2.24) is 9.62 Å². The van der Waals surface area contributed by atoms with Gasteiger partial charge >= 0.3 is 0 Å². The van der Waals surface area contributed by atoms with Crippen LogP contribution in [0, 0.1) is 0 Å². The number of benzene rings is 3. The van der Waals surface area contributed by atoms with Gasteiger partial charge in [0.25, 0.3) is 0 Å². The summed E-state index contributed by atoms with van der Waals surface area (Å²) in [6, 6.07) is 20.6. The van der Waals surface area contributed by atoms with Crippen molar-refractivity contribution in [3.63, 3.8) is 0 Å². The maximum atomic E-state index is 12.5. The fraction of sp³-hybridized carbons (Fsp3) is 0.261. The number of nitrogens with zero attached hydrogens (tertiary/aromatic N) is 1. The van der Waals surface area contributed by atoms with Crippen LogP contribution in [0.15, 0.2) is 71.6 Å². The van der Waals surface area contributed by atoms with Crippen molar-refractivity contribution in [2.45, 2.75) is 31.7 Å². The summed E-state index contributed by atoms with van der Waals surface area (Å²) in [5.41, 5.74) is 1.84. The molecule has 5 nitrogen and oxygen atoms in total. The predicted octanol–water partition coefficient (Wildman–Crippen LogP) is 3.73. The van der Waals surface area contributed by atoms with E-state index in [1.165, 1.54) is 4.31 Å². The molecule has 3 rings (SSSR count). The van der Waals surface area contributed by atoms with Crippen LogP contribution in [-0.4, -0.2) is 31.7 Å². The monoisotopic (exact) mass is 410 g/mol. The van der Waals surface area contributed by atoms with Gasteiger partial charge in [0, 0.05) is 19.6 Å². The molecule has 152 valence electrons. The molecule has 3 aromatic rings. The quantitative estimate of drug-likeness (QED) is 0.615. The Morgan fingerprint density at radius 3 is 2.24 bits per heavy atom. The van der Waals surface area contributed by atoms with Gasteiger partial charge in [-0.15, -0.1) is 0 Å². The van der Waals surface area contributed by atoms with E-state index in [4.69, 9.17) is 0 Å². The zero-order valence-corrected chi connectivity index (χ0v) is 17.6. The molecule has 0 aliphatic heterocycles. The SMILES string of the molecule is CCN(CC)S(=O)(=O)c1ccc(CNC(=O)Cc2cccc3ccccc23)cc1. The third-order valence-corrected chi connectivity index (χ3v) is 7.05. The Labute approximate surface area is 172 Å². The van der Waals surface area contributed by atoms with E-state index in [0.717, 1.165) is 21.9 Å². The molecule has 0 atom stereocenters. The summed E-state index contributed by atoms with van der Waals surface area (Å²) in [6.45, 7) is 4.87. The number of hydrogen-bond acceptors (Lipinski definition) is 3. The Morgan fingerprint density at radius 2 is 1.55 bits per heavy atom. The molecule has 29 heavy (non-hydrogen) atoms. The van der Waals surface area contributed by atoms with Gasteiger partial charge in [-0.2, -0.15) is 4.31 Å². The van der Waals surface area contributed by atoms with E-state index in [1.807, 2.05) is 56.3 Å². The van der Waals surface area contributed by atoms with Crippen LogP contribution in [0.5, 0.6) is 0 Å². The Morgan fingerprint density at radius 1 is 0.897 bits per heavy atom. The summed E-state index contributed by atoms with van der Waals surface area (Å²) in [5.74, 6) is -0.0683. The average molecular weight is 411 g/mol. The lowest BCUT2D eigenvalue weighted by Crippen LogP contribution is -2.30. The molecular weight excluding hydrogens is 384 g/mol. The zero-order valence-electron chi connectivity index (χ0n) is 16.8. The number of nitrogens with one attached hydrogen (secondary N) is 1. The van der Waals surface area contributed by atoms with Gasteiger partial charge in [0.2, 0.25) is 15.9 Å². The first-order chi connectivity index (χ1) is 14.0. The Kier molecular flexibility index (Phi) is 6.67. The molecular formula is C23H26N2O3S. The highest BCUT2D eigenvalue weighted by molar-refractivity contribution is 7.89. The Hall–Kier alpha value is -2.70. The molecule has 0 aromatic heterocycles. The summed E-state index contributed by atoms with van der Waals surface area (Å²) in [7, 11) is -3.46. The molecule has 0 radical (unpaired) electrons. The first kappa shape index (κ1) is 21.0. The molecule has 0 aliphatic carbocycles. The van der Waals surface area contributed by atoms with E-state index in [0.29, 0.717) is 26.1 Å². The number of fused-ring (bicyclic) bond motifs is 1. The van der Waals surface area contributed by atoms with Gasteiger partial charge < -0.3 is 5.32 Å². The van der Waals surface area contributed by atoms with Crippen molar-refractivity contribution in [3.05, 3.63) is 77.9 Å². The van der Waals surface area contributed by atoms with E-state index >= 15 is 0 Å². The molecule has 0 heterocycles. The molecule has 0 saturated carbocycles. The number of amides is 1. The average Bonchev–Trinajstić information content (AvgIpc) is 2.73. The predicted molar refractivity (Wildman–Crippen MR) is 116 cm³/mol. The molecule has 0 bridgehead atoms. The molecule has 1 amide bonds. The molecule has 0 saturated heterocycles. The standard InChI is InChI=1S/C23H26N2O3S/c1-3-25(4-2)29(27,28)21-14-12-18(13-15-21)17-24-23(26)16-20-10-7-9-19-8-5-6-11-22(19)20/h5-15H,3-4,16-17H2,1-2H3,(H,24,26). The summed E-state index contributed by atoms with van der Waals surface area (Å²) < 4.78 is 26.5. The second kappa shape index (κ2) is 9.20. The third-order valence-electron chi connectivity index (χ3n) is 4.99. The van der Waals surface area contributed by atoms with Crippen molar-refractivity contribution >= 4 is 26.7 Å². The normalized spacial score (nSPS) is 11.7. The highest BCUT2D eigenvalue weighted by atomic mass is 32.2. The molecule has 6 heteroatoms. The number of carbonyl (C=O) groups is 1. The van der Waals surface area contributed by atoms with Crippen molar-refractivity contribution in [3.8, 4) is 0 Å². The lowest BCUT2D eigenvalue weighted by Gasteiger charge is -2.18. The van der Waals surface area contributed by atoms with E-state index in [9.17, 15) is 13.2 Å². The van der Waals surface area contributed by atoms with Gasteiger partial charge in [-0.05, 0) is 34.0 Å². The molecule has 3 aromatic carbocycles. The highest BCUT2D eigenvalue weighted by Gasteiger charge is 2.21. The van der Waals surface area contributed by atoms with E-state index in [1.54, 1.807) is 24.3 Å². The van der Waals surface area contributed by atoms with E-state index in [-0.39, 0.29) is 10.8 Å². The Balaban J connectivity index is 1.63. The van der Waals surface area contributed by atoms with Gasteiger partial charge in [0.05, 0.1) is 11.3 Å².